The van der Waals surface area contributed by atoms with Crippen molar-refractivity contribution in [1.82, 2.24) is 14.4 Å². The van der Waals surface area contributed by atoms with Gasteiger partial charge in [-0.05, 0) is 24.3 Å². The summed E-state index contributed by atoms with van der Waals surface area (Å²) < 4.78 is 45.7. The highest BCUT2D eigenvalue weighted by Gasteiger charge is 2.33. The van der Waals surface area contributed by atoms with Crippen molar-refractivity contribution in [3.05, 3.63) is 64.6 Å². The zero-order valence-corrected chi connectivity index (χ0v) is 17.5. The standard InChI is InChI=1S/C22H21F3N4O4/c23-22(24,25)15-5-1-2-6-16(15)26-19(30)13-27-9-11-28(12-10-27)20(31)14-29-17-7-3-4-8-18(17)33-21(29)32/h1-8H,9-14H2,(H,26,30). The fraction of sp³-hybridized carbons (Fsp3) is 0.318. The number of carbonyl (C=O) groups excluding carboxylic acids is 2. The predicted octanol–water partition coefficient (Wildman–Crippen LogP) is 2.40. The number of para-hydroxylation sites is 3. The SMILES string of the molecule is O=C(CN1CCN(C(=O)Cn2c(=O)oc3ccccc32)CC1)Nc1ccccc1C(F)(F)F. The van der Waals surface area contributed by atoms with Crippen LogP contribution in [0.3, 0.4) is 0 Å². The van der Waals surface area contributed by atoms with Crippen LogP contribution < -0.4 is 11.1 Å². The highest BCUT2D eigenvalue weighted by atomic mass is 19.4. The van der Waals surface area contributed by atoms with Gasteiger partial charge < -0.3 is 14.6 Å². The molecule has 1 aliphatic heterocycles. The number of hydrogen-bond donors (Lipinski definition) is 1. The molecule has 1 aromatic heterocycles. The zero-order chi connectivity index (χ0) is 23.6. The van der Waals surface area contributed by atoms with Gasteiger partial charge in [-0.25, -0.2) is 4.79 Å². The van der Waals surface area contributed by atoms with E-state index >= 15 is 0 Å². The number of nitrogens with one attached hydrogen (secondary N) is 1. The quantitative estimate of drug-likeness (QED) is 0.629. The molecule has 1 fully saturated rings. The number of alkyl halides is 3. The molecule has 0 bridgehead atoms. The molecule has 2 amide bonds. The van der Waals surface area contributed by atoms with E-state index in [1.165, 1.54) is 22.8 Å². The lowest BCUT2D eigenvalue weighted by Crippen LogP contribution is -2.51. The maximum absolute atomic E-state index is 13.1. The monoisotopic (exact) mass is 462 g/mol. The molecule has 8 nitrogen and oxygen atoms in total. The number of halogens is 3. The van der Waals surface area contributed by atoms with Crippen LogP contribution in [0.4, 0.5) is 18.9 Å². The lowest BCUT2D eigenvalue weighted by Gasteiger charge is -2.34. The number of piperazine rings is 1. The Bertz CT molecular complexity index is 1230. The molecule has 33 heavy (non-hydrogen) atoms. The lowest BCUT2D eigenvalue weighted by atomic mass is 10.1. The Balaban J connectivity index is 1.31. The molecule has 11 heteroatoms. The van der Waals surface area contributed by atoms with E-state index in [0.717, 1.165) is 6.07 Å². The smallest absolute Gasteiger partial charge is 0.408 e. The maximum atomic E-state index is 13.1. The topological polar surface area (TPSA) is 87.8 Å². The minimum atomic E-state index is -4.57. The third-order valence-electron chi connectivity index (χ3n) is 5.47. The average molecular weight is 462 g/mol. The first-order chi connectivity index (χ1) is 15.7. The van der Waals surface area contributed by atoms with Crippen LogP contribution in [0.1, 0.15) is 5.56 Å². The number of aromatic nitrogens is 1. The van der Waals surface area contributed by atoms with Gasteiger partial charge in [0.15, 0.2) is 5.58 Å². The molecule has 2 aromatic carbocycles. The van der Waals surface area contributed by atoms with Gasteiger partial charge in [-0.15, -0.1) is 0 Å². The van der Waals surface area contributed by atoms with Gasteiger partial charge in [-0.3, -0.25) is 19.1 Å². The molecule has 1 N–H and O–H groups in total. The lowest BCUT2D eigenvalue weighted by molar-refractivity contribution is -0.137. The van der Waals surface area contributed by atoms with E-state index in [1.807, 2.05) is 0 Å². The van der Waals surface area contributed by atoms with Crippen molar-refractivity contribution in [2.24, 2.45) is 0 Å². The molecule has 0 unspecified atom stereocenters. The van der Waals surface area contributed by atoms with Crippen LogP contribution in [0.5, 0.6) is 0 Å². The third-order valence-corrected chi connectivity index (χ3v) is 5.47. The number of anilines is 1. The van der Waals surface area contributed by atoms with Crippen molar-refractivity contribution in [2.75, 3.05) is 38.0 Å². The molecule has 174 valence electrons. The number of rotatable bonds is 5. The predicted molar refractivity (Wildman–Crippen MR) is 114 cm³/mol. The van der Waals surface area contributed by atoms with Crippen molar-refractivity contribution in [2.45, 2.75) is 12.7 Å². The summed E-state index contributed by atoms with van der Waals surface area (Å²) >= 11 is 0. The van der Waals surface area contributed by atoms with Crippen LogP contribution >= 0.6 is 0 Å². The van der Waals surface area contributed by atoms with Crippen LogP contribution in [0.2, 0.25) is 0 Å². The molecule has 0 atom stereocenters. The van der Waals surface area contributed by atoms with E-state index in [9.17, 15) is 27.6 Å². The van der Waals surface area contributed by atoms with Crippen molar-refractivity contribution in [3.63, 3.8) is 0 Å². The molecule has 0 saturated carbocycles. The largest absolute Gasteiger partial charge is 0.420 e. The van der Waals surface area contributed by atoms with E-state index < -0.39 is 23.4 Å². The first-order valence-corrected chi connectivity index (χ1v) is 10.3. The Kier molecular flexibility index (Phi) is 6.23. The summed E-state index contributed by atoms with van der Waals surface area (Å²) in [5.41, 5.74) is -0.263. The molecule has 0 aliphatic carbocycles. The Morgan fingerprint density at radius 1 is 0.939 bits per heavy atom. The highest BCUT2D eigenvalue weighted by molar-refractivity contribution is 5.93. The fourth-order valence-electron chi connectivity index (χ4n) is 3.79. The molecule has 4 rings (SSSR count). The number of hydrogen-bond acceptors (Lipinski definition) is 5. The number of nitrogens with zero attached hydrogens (tertiary/aromatic N) is 3. The number of carbonyl (C=O) groups is 2. The summed E-state index contributed by atoms with van der Waals surface area (Å²) in [6.07, 6.45) is -4.57. The normalized spacial score (nSPS) is 15.1. The van der Waals surface area contributed by atoms with Gasteiger partial charge in [0.2, 0.25) is 11.8 Å². The zero-order valence-electron chi connectivity index (χ0n) is 17.5. The minimum absolute atomic E-state index is 0.0972. The van der Waals surface area contributed by atoms with Gasteiger partial charge in [0.1, 0.15) is 6.54 Å². The van der Waals surface area contributed by atoms with Gasteiger partial charge in [0.05, 0.1) is 23.3 Å². The maximum Gasteiger partial charge on any atom is 0.420 e. The number of amides is 2. The van der Waals surface area contributed by atoms with Gasteiger partial charge in [-0.2, -0.15) is 13.2 Å². The third kappa shape index (κ3) is 5.08. The summed E-state index contributed by atoms with van der Waals surface area (Å²) in [5.74, 6) is -1.44. The minimum Gasteiger partial charge on any atom is -0.408 e. The second-order valence-electron chi connectivity index (χ2n) is 7.67. The van der Waals surface area contributed by atoms with Gasteiger partial charge >= 0.3 is 11.9 Å². The molecular formula is C22H21F3N4O4. The summed E-state index contributed by atoms with van der Waals surface area (Å²) in [5, 5.41) is 2.32. The number of benzene rings is 2. The van der Waals surface area contributed by atoms with Gasteiger partial charge in [-0.1, -0.05) is 24.3 Å². The van der Waals surface area contributed by atoms with E-state index in [1.54, 1.807) is 34.1 Å². The van der Waals surface area contributed by atoms with Crippen LogP contribution in [-0.2, 0) is 22.3 Å². The second kappa shape index (κ2) is 9.10. The van der Waals surface area contributed by atoms with Gasteiger partial charge in [0.25, 0.3) is 0 Å². The van der Waals surface area contributed by atoms with E-state index in [-0.39, 0.29) is 24.7 Å². The van der Waals surface area contributed by atoms with Crippen molar-refractivity contribution in [3.8, 4) is 0 Å². The summed E-state index contributed by atoms with van der Waals surface area (Å²) in [6.45, 7) is 1.15. The molecular weight excluding hydrogens is 441 g/mol. The van der Waals surface area contributed by atoms with Gasteiger partial charge in [0, 0.05) is 26.2 Å². The van der Waals surface area contributed by atoms with Crippen LogP contribution in [0, 0.1) is 0 Å². The Morgan fingerprint density at radius 3 is 2.33 bits per heavy atom. The van der Waals surface area contributed by atoms with Crippen LogP contribution in [0.15, 0.2) is 57.7 Å². The van der Waals surface area contributed by atoms with Crippen LogP contribution in [0.25, 0.3) is 11.1 Å². The van der Waals surface area contributed by atoms with Crippen molar-refractivity contribution < 1.29 is 27.2 Å². The summed E-state index contributed by atoms with van der Waals surface area (Å²) in [4.78, 5) is 40.4. The average Bonchev–Trinajstić information content (AvgIpc) is 3.09. The van der Waals surface area contributed by atoms with E-state index in [2.05, 4.69) is 5.32 Å². The first-order valence-electron chi connectivity index (χ1n) is 10.3. The summed E-state index contributed by atoms with van der Waals surface area (Å²) in [7, 11) is 0. The van der Waals surface area contributed by atoms with Crippen molar-refractivity contribution >= 4 is 28.6 Å². The Labute approximate surface area is 186 Å². The molecule has 0 radical (unpaired) electrons. The molecule has 1 saturated heterocycles. The molecule has 2 heterocycles. The molecule has 0 spiro atoms. The fourth-order valence-corrected chi connectivity index (χ4v) is 3.79. The second-order valence-corrected chi connectivity index (χ2v) is 7.67. The van der Waals surface area contributed by atoms with Crippen LogP contribution in [-0.4, -0.2) is 58.9 Å². The highest BCUT2D eigenvalue weighted by Crippen LogP contribution is 2.34. The van der Waals surface area contributed by atoms with E-state index in [0.29, 0.717) is 37.3 Å². The van der Waals surface area contributed by atoms with Crippen molar-refractivity contribution in [1.29, 1.82) is 0 Å². The molecule has 1 aliphatic rings. The summed E-state index contributed by atoms with van der Waals surface area (Å²) in [6, 6.07) is 11.6. The Morgan fingerprint density at radius 2 is 1.61 bits per heavy atom. The number of oxazole rings is 1. The van der Waals surface area contributed by atoms with E-state index in [4.69, 9.17) is 4.42 Å². The number of fused-ring (bicyclic) bond motifs is 1. The molecule has 3 aromatic rings. The first kappa shape index (κ1) is 22.6. The Hall–Kier alpha value is -3.60.